The molecule has 162 valence electrons. The molecule has 10 heteroatoms. The van der Waals surface area contributed by atoms with E-state index in [0.29, 0.717) is 13.1 Å². The Balaban J connectivity index is 1.40. The minimum atomic E-state index is -4.73. The Bertz CT molecular complexity index is 1260. The largest absolute Gasteiger partial charge is 0.573 e. The van der Waals surface area contributed by atoms with Crippen molar-refractivity contribution in [1.29, 1.82) is 0 Å². The first-order valence-electron chi connectivity index (χ1n) is 9.78. The zero-order valence-corrected chi connectivity index (χ0v) is 16.8. The Kier molecular flexibility index (Phi) is 4.03. The number of likely N-dealkylation sites (tertiary alicyclic amines) is 1. The van der Waals surface area contributed by atoms with Crippen molar-refractivity contribution in [3.05, 3.63) is 63.8 Å². The molecule has 5 rings (SSSR count). The maximum atomic E-state index is 13.2. The van der Waals surface area contributed by atoms with Gasteiger partial charge in [-0.25, -0.2) is 4.52 Å². The summed E-state index contributed by atoms with van der Waals surface area (Å²) in [4.78, 5) is 27.5. The number of piperidine rings is 1. The zero-order chi connectivity index (χ0) is 22.1. The van der Waals surface area contributed by atoms with Crippen molar-refractivity contribution < 1.29 is 22.7 Å². The quantitative estimate of drug-likeness (QED) is 0.638. The first-order chi connectivity index (χ1) is 14.6. The summed E-state index contributed by atoms with van der Waals surface area (Å²) in [6, 6.07) is 5.86. The van der Waals surface area contributed by atoms with Gasteiger partial charge in [0, 0.05) is 31.7 Å². The number of halogens is 3. The number of amides is 1. The minimum absolute atomic E-state index is 0.234. The van der Waals surface area contributed by atoms with Crippen LogP contribution in [0, 0.1) is 12.8 Å². The summed E-state index contributed by atoms with van der Waals surface area (Å²) in [7, 11) is 1.63. The molecule has 0 N–H and O–H groups in total. The molecule has 3 heterocycles. The van der Waals surface area contributed by atoms with E-state index in [1.54, 1.807) is 37.2 Å². The molecule has 1 saturated carbocycles. The third-order valence-corrected chi connectivity index (χ3v) is 6.33. The first-order valence-corrected chi connectivity index (χ1v) is 9.78. The minimum Gasteiger partial charge on any atom is -0.406 e. The highest BCUT2D eigenvalue weighted by molar-refractivity contribution is 6.00. The lowest BCUT2D eigenvalue weighted by molar-refractivity contribution is -0.274. The Hall–Kier alpha value is -3.30. The molecule has 2 aliphatic rings. The molecule has 2 atom stereocenters. The highest BCUT2D eigenvalue weighted by Gasteiger charge is 2.61. The van der Waals surface area contributed by atoms with Crippen LogP contribution < -0.4 is 10.3 Å². The lowest BCUT2D eigenvalue weighted by Gasteiger charge is -2.21. The van der Waals surface area contributed by atoms with Gasteiger partial charge >= 0.3 is 6.36 Å². The van der Waals surface area contributed by atoms with E-state index in [-0.39, 0.29) is 39.6 Å². The number of carbonyl (C=O) groups excluding carboxylic acids is 1. The molecule has 2 unspecified atom stereocenters. The molecule has 1 aliphatic carbocycles. The number of aryl methyl sites for hydroxylation is 2. The number of hydrogen-bond acceptors (Lipinski definition) is 4. The molecule has 1 aromatic carbocycles. The summed E-state index contributed by atoms with van der Waals surface area (Å²) in [6.45, 7) is 2.78. The van der Waals surface area contributed by atoms with Crippen molar-refractivity contribution in [3.8, 4) is 5.75 Å². The summed E-state index contributed by atoms with van der Waals surface area (Å²) in [5.74, 6) is -0.299. The van der Waals surface area contributed by atoms with Gasteiger partial charge in [0.05, 0.1) is 17.5 Å². The van der Waals surface area contributed by atoms with Crippen LogP contribution in [0.2, 0.25) is 0 Å². The van der Waals surface area contributed by atoms with Gasteiger partial charge in [0.15, 0.2) is 0 Å². The molecule has 1 saturated heterocycles. The highest BCUT2D eigenvalue weighted by atomic mass is 19.4. The van der Waals surface area contributed by atoms with E-state index in [4.69, 9.17) is 0 Å². The molecular weight excluding hydrogens is 413 g/mol. The van der Waals surface area contributed by atoms with Crippen LogP contribution in [-0.2, 0) is 12.5 Å². The van der Waals surface area contributed by atoms with E-state index in [1.165, 1.54) is 27.4 Å². The molecule has 7 nitrogen and oxygen atoms in total. The molecule has 0 bridgehead atoms. The highest BCUT2D eigenvalue weighted by Crippen LogP contribution is 2.59. The van der Waals surface area contributed by atoms with Crippen LogP contribution in [0.25, 0.3) is 5.52 Å². The van der Waals surface area contributed by atoms with Gasteiger partial charge < -0.3 is 14.2 Å². The van der Waals surface area contributed by atoms with Crippen molar-refractivity contribution in [1.82, 2.24) is 19.1 Å². The van der Waals surface area contributed by atoms with Crippen molar-refractivity contribution in [2.45, 2.75) is 25.1 Å². The van der Waals surface area contributed by atoms with Crippen molar-refractivity contribution in [2.24, 2.45) is 13.0 Å². The number of fused-ring (bicyclic) bond motifs is 2. The number of hydrogen-bond donors (Lipinski definition) is 0. The molecule has 31 heavy (non-hydrogen) atoms. The fraction of sp³-hybridized carbons (Fsp3) is 0.381. The van der Waals surface area contributed by atoms with Gasteiger partial charge in [-0.2, -0.15) is 5.10 Å². The fourth-order valence-corrected chi connectivity index (χ4v) is 4.78. The second kappa shape index (κ2) is 6.35. The second-order valence-corrected chi connectivity index (χ2v) is 8.32. The molecule has 2 aromatic heterocycles. The molecule has 1 amide bonds. The van der Waals surface area contributed by atoms with Gasteiger partial charge in [0.25, 0.3) is 11.5 Å². The van der Waals surface area contributed by atoms with Gasteiger partial charge in [-0.1, -0.05) is 12.1 Å². The third-order valence-electron chi connectivity index (χ3n) is 6.33. The van der Waals surface area contributed by atoms with Crippen molar-refractivity contribution >= 4 is 11.4 Å². The summed E-state index contributed by atoms with van der Waals surface area (Å²) in [5, 5.41) is 4.21. The van der Waals surface area contributed by atoms with Crippen LogP contribution in [0.3, 0.4) is 0 Å². The normalized spacial score (nSPS) is 22.6. The average Bonchev–Trinajstić information content (AvgIpc) is 3.06. The number of nitrogens with zero attached hydrogens (tertiary/aromatic N) is 4. The van der Waals surface area contributed by atoms with Gasteiger partial charge in [-0.3, -0.25) is 9.59 Å². The van der Waals surface area contributed by atoms with E-state index in [0.717, 1.165) is 17.7 Å². The number of aromatic nitrogens is 3. The van der Waals surface area contributed by atoms with Gasteiger partial charge in [-0.05, 0) is 37.0 Å². The Morgan fingerprint density at radius 3 is 2.65 bits per heavy atom. The maximum absolute atomic E-state index is 13.2. The average molecular weight is 432 g/mol. The van der Waals surface area contributed by atoms with Crippen LogP contribution in [0.4, 0.5) is 13.2 Å². The van der Waals surface area contributed by atoms with E-state index in [9.17, 15) is 22.8 Å². The molecular formula is C21H19F3N4O3. The predicted molar refractivity (Wildman–Crippen MR) is 104 cm³/mol. The van der Waals surface area contributed by atoms with E-state index in [2.05, 4.69) is 9.84 Å². The first kappa shape index (κ1) is 19.7. The van der Waals surface area contributed by atoms with E-state index < -0.39 is 6.36 Å². The van der Waals surface area contributed by atoms with Crippen LogP contribution in [0.5, 0.6) is 5.75 Å². The number of rotatable bonds is 3. The van der Waals surface area contributed by atoms with Crippen LogP contribution in [-0.4, -0.2) is 44.4 Å². The van der Waals surface area contributed by atoms with Crippen LogP contribution in [0.1, 0.15) is 28.0 Å². The number of carbonyl (C=O) groups is 1. The summed E-state index contributed by atoms with van der Waals surface area (Å²) in [6.07, 6.45) is -0.789. The number of ether oxygens (including phenoxy) is 1. The fourth-order valence-electron chi connectivity index (χ4n) is 4.78. The third kappa shape index (κ3) is 3.08. The molecule has 0 radical (unpaired) electrons. The maximum Gasteiger partial charge on any atom is 0.573 e. The smallest absolute Gasteiger partial charge is 0.406 e. The van der Waals surface area contributed by atoms with Crippen molar-refractivity contribution in [3.63, 3.8) is 0 Å². The predicted octanol–water partition coefficient (Wildman–Crippen LogP) is 2.65. The SMILES string of the molecule is Cc1cn(C)c(=O)c2c(C(=O)N3CC4CC4(c4ccc(OC(F)(F)F)cc4)C3)cnn12. The number of alkyl halides is 3. The van der Waals surface area contributed by atoms with Gasteiger partial charge in [-0.15, -0.1) is 13.2 Å². The molecule has 3 aromatic rings. The molecule has 1 aliphatic heterocycles. The standard InChI is InChI=1S/C21H19F3N4O3/c1-12-9-26(2)19(30)17-16(8-25-28(12)17)18(29)27-10-14-7-20(14,11-27)13-3-5-15(6-4-13)31-21(22,23)24/h3-6,8-9,14H,7,10-11H2,1-2H3. The molecule has 0 spiro atoms. The lowest BCUT2D eigenvalue weighted by atomic mass is 9.95. The summed E-state index contributed by atoms with van der Waals surface area (Å²) < 4.78 is 44.0. The Labute approximate surface area is 174 Å². The lowest BCUT2D eigenvalue weighted by Crippen LogP contribution is -2.33. The summed E-state index contributed by atoms with van der Waals surface area (Å²) >= 11 is 0. The van der Waals surface area contributed by atoms with Gasteiger partial charge in [0.1, 0.15) is 11.3 Å². The van der Waals surface area contributed by atoms with Crippen LogP contribution >= 0.6 is 0 Å². The van der Waals surface area contributed by atoms with Crippen LogP contribution in [0.15, 0.2) is 41.5 Å². The summed E-state index contributed by atoms with van der Waals surface area (Å²) in [5.41, 5.74) is 1.55. The number of benzene rings is 1. The second-order valence-electron chi connectivity index (χ2n) is 8.32. The zero-order valence-electron chi connectivity index (χ0n) is 16.8. The van der Waals surface area contributed by atoms with E-state index in [1.807, 2.05) is 0 Å². The topological polar surface area (TPSA) is 68.8 Å². The Morgan fingerprint density at radius 1 is 1.26 bits per heavy atom. The Morgan fingerprint density at radius 2 is 1.97 bits per heavy atom. The van der Waals surface area contributed by atoms with Gasteiger partial charge in [0.2, 0.25) is 0 Å². The van der Waals surface area contributed by atoms with E-state index >= 15 is 0 Å². The monoisotopic (exact) mass is 432 g/mol. The van der Waals surface area contributed by atoms with Crippen molar-refractivity contribution in [2.75, 3.05) is 13.1 Å². The molecule has 2 fully saturated rings.